The van der Waals surface area contributed by atoms with E-state index in [1.807, 2.05) is 18.3 Å². The summed E-state index contributed by atoms with van der Waals surface area (Å²) in [5.41, 5.74) is 5.92. The molecule has 186 valence electrons. The Bertz CT molecular complexity index is 1230. The number of hydrogen-bond acceptors (Lipinski definition) is 7. The highest BCUT2D eigenvalue weighted by molar-refractivity contribution is 5.99. The van der Waals surface area contributed by atoms with Crippen LogP contribution in [0, 0.1) is 5.92 Å². The first-order valence-corrected chi connectivity index (χ1v) is 11.5. The maximum atomic E-state index is 14.2. The molecule has 3 aromatic rings. The molecule has 0 spiro atoms. The van der Waals surface area contributed by atoms with E-state index in [1.165, 1.54) is 20.0 Å². The lowest BCUT2D eigenvalue weighted by Crippen LogP contribution is -2.45. The molecule has 0 aromatic carbocycles. The SMILES string of the molecule is CC(C)(O)[C@H](F)CNC(=O)c1cnc(-n2ccc3cc(CC(N)=O)cnc32)cc1NCC1CNC1. The zero-order chi connectivity index (χ0) is 25.2. The fraction of sp³-hybridized carbons (Fsp3) is 0.417. The molecule has 3 aromatic heterocycles. The van der Waals surface area contributed by atoms with Gasteiger partial charge in [-0.15, -0.1) is 0 Å². The summed E-state index contributed by atoms with van der Waals surface area (Å²) in [5.74, 6) is 0.0587. The molecule has 0 aliphatic carbocycles. The van der Waals surface area contributed by atoms with E-state index in [0.29, 0.717) is 29.6 Å². The summed E-state index contributed by atoms with van der Waals surface area (Å²) >= 11 is 0. The average molecular weight is 484 g/mol. The summed E-state index contributed by atoms with van der Waals surface area (Å²) in [4.78, 5) is 33.0. The van der Waals surface area contributed by atoms with Gasteiger partial charge >= 0.3 is 0 Å². The lowest BCUT2D eigenvalue weighted by molar-refractivity contribution is -0.117. The third kappa shape index (κ3) is 5.75. The molecule has 1 aliphatic heterocycles. The quantitative estimate of drug-likeness (QED) is 0.288. The van der Waals surface area contributed by atoms with E-state index in [9.17, 15) is 19.1 Å². The highest BCUT2D eigenvalue weighted by Gasteiger charge is 2.27. The van der Waals surface area contributed by atoms with Gasteiger partial charge in [0.15, 0.2) is 0 Å². The van der Waals surface area contributed by atoms with Crippen LogP contribution in [0.3, 0.4) is 0 Å². The van der Waals surface area contributed by atoms with Crippen LogP contribution in [0.5, 0.6) is 0 Å². The molecule has 6 N–H and O–H groups in total. The fourth-order valence-corrected chi connectivity index (χ4v) is 3.73. The van der Waals surface area contributed by atoms with Crippen molar-refractivity contribution in [3.05, 3.63) is 47.9 Å². The van der Waals surface area contributed by atoms with Crippen molar-refractivity contribution in [3.8, 4) is 5.82 Å². The van der Waals surface area contributed by atoms with Gasteiger partial charge in [0.2, 0.25) is 5.91 Å². The molecule has 35 heavy (non-hydrogen) atoms. The smallest absolute Gasteiger partial charge is 0.255 e. The molecule has 2 amide bonds. The van der Waals surface area contributed by atoms with Crippen LogP contribution in [0.2, 0.25) is 0 Å². The lowest BCUT2D eigenvalue weighted by atomic mass is 10.0. The van der Waals surface area contributed by atoms with Gasteiger partial charge in [-0.1, -0.05) is 0 Å². The molecule has 1 atom stereocenters. The van der Waals surface area contributed by atoms with E-state index >= 15 is 0 Å². The van der Waals surface area contributed by atoms with Crippen LogP contribution >= 0.6 is 0 Å². The van der Waals surface area contributed by atoms with Crippen molar-refractivity contribution in [2.75, 3.05) is 31.5 Å². The van der Waals surface area contributed by atoms with E-state index < -0.39 is 23.6 Å². The summed E-state index contributed by atoms with van der Waals surface area (Å²) in [5, 5.41) is 19.7. The normalized spacial score (nSPS) is 15.0. The fourth-order valence-electron chi connectivity index (χ4n) is 3.73. The number of aliphatic hydroxyl groups is 1. The number of amides is 2. The molecule has 1 fully saturated rings. The van der Waals surface area contributed by atoms with Crippen LogP contribution in [-0.4, -0.2) is 69.4 Å². The molecule has 0 saturated carbocycles. The van der Waals surface area contributed by atoms with Gasteiger partial charge in [0.1, 0.15) is 17.6 Å². The molecule has 1 aliphatic rings. The van der Waals surface area contributed by atoms with Crippen LogP contribution in [0.15, 0.2) is 36.8 Å². The summed E-state index contributed by atoms with van der Waals surface area (Å²) in [7, 11) is 0. The summed E-state index contributed by atoms with van der Waals surface area (Å²) in [6.07, 6.45) is 3.34. The first kappa shape index (κ1) is 24.6. The minimum atomic E-state index is -1.62. The van der Waals surface area contributed by atoms with Crippen LogP contribution in [0.1, 0.15) is 29.8 Å². The Kier molecular flexibility index (Phi) is 6.99. The van der Waals surface area contributed by atoms with Crippen LogP contribution in [0.25, 0.3) is 16.9 Å². The zero-order valence-electron chi connectivity index (χ0n) is 19.7. The number of pyridine rings is 2. The molecule has 0 unspecified atom stereocenters. The number of nitrogens with zero attached hydrogens (tertiary/aromatic N) is 3. The number of halogens is 1. The number of fused-ring (bicyclic) bond motifs is 1. The topological polar surface area (TPSA) is 147 Å². The van der Waals surface area contributed by atoms with Crippen LogP contribution in [0.4, 0.5) is 10.1 Å². The van der Waals surface area contributed by atoms with Gasteiger partial charge in [-0.2, -0.15) is 0 Å². The Balaban J connectivity index is 1.61. The average Bonchev–Trinajstić information content (AvgIpc) is 3.18. The standard InChI is InChI=1S/C24H30FN7O3/c1-24(2,35)19(25)13-31-23(34)17-12-29-21(7-18(17)28-11-15-8-27-9-15)32-4-3-16-5-14(6-20(26)33)10-30-22(16)32/h3-5,7,10,12,15,19,27,35H,6,8-9,11,13H2,1-2H3,(H2,26,33)(H,28,29)(H,31,34)/t19-/m1/s1. The first-order valence-electron chi connectivity index (χ1n) is 11.5. The van der Waals surface area contributed by atoms with E-state index in [-0.39, 0.29) is 18.5 Å². The summed E-state index contributed by atoms with van der Waals surface area (Å²) < 4.78 is 15.9. The number of carbonyl (C=O) groups excluding carboxylic acids is 2. The van der Waals surface area contributed by atoms with Gasteiger partial charge in [-0.3, -0.25) is 14.2 Å². The molecule has 10 nitrogen and oxygen atoms in total. The van der Waals surface area contributed by atoms with Gasteiger partial charge in [-0.05, 0) is 31.5 Å². The van der Waals surface area contributed by atoms with E-state index in [1.54, 1.807) is 16.8 Å². The maximum absolute atomic E-state index is 14.2. The van der Waals surface area contributed by atoms with Crippen molar-refractivity contribution in [1.82, 2.24) is 25.2 Å². The van der Waals surface area contributed by atoms with Crippen molar-refractivity contribution in [3.63, 3.8) is 0 Å². The number of alkyl halides is 1. The third-order valence-corrected chi connectivity index (χ3v) is 6.00. The molecular weight excluding hydrogens is 453 g/mol. The number of nitrogens with two attached hydrogens (primary N) is 1. The zero-order valence-corrected chi connectivity index (χ0v) is 19.7. The minimum Gasteiger partial charge on any atom is -0.387 e. The molecule has 0 bridgehead atoms. The van der Waals surface area contributed by atoms with Gasteiger partial charge in [0.05, 0.1) is 29.8 Å². The number of primary amides is 1. The predicted octanol–water partition coefficient (Wildman–Crippen LogP) is 0.918. The predicted molar refractivity (Wildman–Crippen MR) is 130 cm³/mol. The Labute approximate surface area is 202 Å². The van der Waals surface area contributed by atoms with Crippen molar-refractivity contribution < 1.29 is 19.1 Å². The first-order chi connectivity index (χ1) is 16.6. The third-order valence-electron chi connectivity index (χ3n) is 6.00. The second-order valence-corrected chi connectivity index (χ2v) is 9.41. The van der Waals surface area contributed by atoms with E-state index in [2.05, 4.69) is 25.9 Å². The molecule has 11 heteroatoms. The Morgan fingerprint density at radius 1 is 1.31 bits per heavy atom. The van der Waals surface area contributed by atoms with E-state index in [0.717, 1.165) is 24.0 Å². The molecule has 1 saturated heterocycles. The van der Waals surface area contributed by atoms with E-state index in [4.69, 9.17) is 5.73 Å². The van der Waals surface area contributed by atoms with Crippen LogP contribution in [-0.2, 0) is 11.2 Å². The largest absolute Gasteiger partial charge is 0.387 e. The highest BCUT2D eigenvalue weighted by Crippen LogP contribution is 2.24. The van der Waals surface area contributed by atoms with Crippen LogP contribution < -0.4 is 21.7 Å². The molecular formula is C24H30FN7O3. The van der Waals surface area contributed by atoms with Gasteiger partial charge < -0.3 is 26.8 Å². The molecule has 0 radical (unpaired) electrons. The Morgan fingerprint density at radius 3 is 2.74 bits per heavy atom. The Hall–Kier alpha value is -3.57. The number of rotatable bonds is 10. The van der Waals surface area contributed by atoms with Gasteiger partial charge in [-0.25, -0.2) is 14.4 Å². The Morgan fingerprint density at radius 2 is 2.09 bits per heavy atom. The van der Waals surface area contributed by atoms with Crippen molar-refractivity contribution >= 4 is 28.5 Å². The van der Waals surface area contributed by atoms with Gasteiger partial charge in [0.25, 0.3) is 5.91 Å². The second-order valence-electron chi connectivity index (χ2n) is 9.41. The number of aromatic nitrogens is 3. The number of hydrogen-bond donors (Lipinski definition) is 5. The number of carbonyl (C=O) groups is 2. The molecule has 4 rings (SSSR count). The van der Waals surface area contributed by atoms with Crippen molar-refractivity contribution in [2.24, 2.45) is 11.7 Å². The summed E-state index contributed by atoms with van der Waals surface area (Å²) in [6, 6.07) is 5.47. The summed E-state index contributed by atoms with van der Waals surface area (Å²) in [6.45, 7) is 4.82. The maximum Gasteiger partial charge on any atom is 0.255 e. The van der Waals surface area contributed by atoms with Crippen molar-refractivity contribution in [1.29, 1.82) is 0 Å². The highest BCUT2D eigenvalue weighted by atomic mass is 19.1. The van der Waals surface area contributed by atoms with Crippen molar-refractivity contribution in [2.45, 2.75) is 32.0 Å². The number of anilines is 1. The lowest BCUT2D eigenvalue weighted by Gasteiger charge is -2.28. The monoisotopic (exact) mass is 483 g/mol. The minimum absolute atomic E-state index is 0.105. The molecule has 4 heterocycles. The second kappa shape index (κ2) is 9.96. The number of nitrogens with one attached hydrogen (secondary N) is 3. The van der Waals surface area contributed by atoms with Gasteiger partial charge in [0, 0.05) is 55.6 Å².